The molecule has 0 bridgehead atoms. The van der Waals surface area contributed by atoms with E-state index < -0.39 is 0 Å². The molecule has 4 heteroatoms. The minimum atomic E-state index is 0. The maximum absolute atomic E-state index is 0. The first-order valence-electron chi connectivity index (χ1n) is 0. The second-order valence-corrected chi connectivity index (χ2v) is 0. The second-order valence-electron chi connectivity index (χ2n) is 0. The zero-order valence-corrected chi connectivity index (χ0v) is 7.82. The molecule has 0 heterocycles. The SMILES string of the molecule is [C].[Mn].[Mo].[Si].[V]. The van der Waals surface area contributed by atoms with Crippen molar-refractivity contribution in [1.82, 2.24) is 0 Å². The summed E-state index contributed by atoms with van der Waals surface area (Å²) in [6, 6.07) is 0. The molecule has 5 heavy (non-hydrogen) atoms. The van der Waals surface area contributed by atoms with Gasteiger partial charge in [-0.3, -0.25) is 0 Å². The van der Waals surface area contributed by atoms with Gasteiger partial charge in [0.2, 0.25) is 0 Å². The average molecular weight is 242 g/mol. The summed E-state index contributed by atoms with van der Waals surface area (Å²) in [7, 11) is 0. The third kappa shape index (κ3) is 23.9. The molecule has 0 aromatic rings. The van der Waals surface area contributed by atoms with Crippen LogP contribution in [0.25, 0.3) is 0 Å². The van der Waals surface area contributed by atoms with Gasteiger partial charge in [0, 0.05) is 75.1 Å². The summed E-state index contributed by atoms with van der Waals surface area (Å²) in [4.78, 5) is 0. The predicted octanol–water partition coefficient (Wildman–Crippen LogP) is -0.307. The fourth-order valence-electron chi connectivity index (χ4n) is 0. The molecule has 0 spiro atoms. The van der Waals surface area contributed by atoms with Crippen molar-refractivity contribution in [3.8, 4) is 0 Å². The monoisotopic (exact) mass is 244 g/mol. The first-order valence-corrected chi connectivity index (χ1v) is 0. The summed E-state index contributed by atoms with van der Waals surface area (Å²) in [6.07, 6.45) is 0. The molecule has 0 rings (SSSR count). The maximum Gasteiger partial charge on any atom is 0 e. The fourth-order valence-corrected chi connectivity index (χ4v) is 0. The van der Waals surface area contributed by atoms with Crippen molar-refractivity contribution in [2.24, 2.45) is 0 Å². The minimum absolute atomic E-state index is 0. The van der Waals surface area contributed by atoms with Crippen molar-refractivity contribution in [3.05, 3.63) is 7.43 Å². The third-order valence-electron chi connectivity index (χ3n) is 0. The molecule has 0 aromatic heterocycles. The Kier molecular flexibility index (Phi) is 468. The molecule has 0 amide bonds. The smallest absolute Gasteiger partial charge is 0 e. The van der Waals surface area contributed by atoms with Crippen LogP contribution in [0, 0.1) is 7.43 Å². The predicted molar refractivity (Wildman–Crippen MR) is 9.00 cm³/mol. The maximum atomic E-state index is 0. The van der Waals surface area contributed by atoms with Crippen molar-refractivity contribution in [3.63, 3.8) is 0 Å². The zero-order chi connectivity index (χ0) is 0. The van der Waals surface area contributed by atoms with E-state index in [-0.39, 0.29) is 75.1 Å². The quantitative estimate of drug-likeness (QED) is 0.511. The van der Waals surface area contributed by atoms with Gasteiger partial charge in [0.1, 0.15) is 0 Å². The van der Waals surface area contributed by atoms with Crippen LogP contribution in [0.4, 0.5) is 0 Å². The number of hydrogen-bond donors (Lipinski definition) is 0. The van der Waals surface area contributed by atoms with Crippen LogP contribution in [0.5, 0.6) is 0 Å². The molecule has 0 aliphatic heterocycles. The Labute approximate surface area is 74.5 Å². The molecular formula is CMnMoSiV. The normalized spacial score (nSPS) is 0. The van der Waals surface area contributed by atoms with E-state index in [0.29, 0.717) is 0 Å². The standard InChI is InChI=1S/C.Mn.Mo.Si.V. The van der Waals surface area contributed by atoms with Crippen LogP contribution in [-0.4, -0.2) is 11.0 Å². The first kappa shape index (κ1) is 62.7. The summed E-state index contributed by atoms with van der Waals surface area (Å²) >= 11 is 0. The molecule has 0 atom stereocenters. The molecule has 0 fully saturated rings. The van der Waals surface area contributed by atoms with Gasteiger partial charge in [0.25, 0.3) is 0 Å². The van der Waals surface area contributed by atoms with Gasteiger partial charge in [-0.05, 0) is 0 Å². The zero-order valence-electron chi connectivity index (χ0n) is 2.23. The molecule has 0 aromatic carbocycles. The summed E-state index contributed by atoms with van der Waals surface area (Å²) in [5.41, 5.74) is 0. The van der Waals surface area contributed by atoms with Gasteiger partial charge in [-0.25, -0.2) is 0 Å². The van der Waals surface area contributed by atoms with Crippen LogP contribution in [0.1, 0.15) is 0 Å². The largest absolute Gasteiger partial charge is 0 e. The fraction of sp³-hybridized carbons (Fsp3) is 0. The first-order chi connectivity index (χ1) is 0. The Hall–Kier alpha value is 2.01. The molecule has 0 saturated heterocycles. The Morgan fingerprint density at radius 2 is 1.00 bits per heavy atom. The van der Waals surface area contributed by atoms with E-state index in [1.54, 1.807) is 0 Å². The molecule has 26 valence electrons. The van der Waals surface area contributed by atoms with E-state index in [1.165, 1.54) is 0 Å². The van der Waals surface area contributed by atoms with E-state index in [4.69, 9.17) is 0 Å². The van der Waals surface area contributed by atoms with Crippen LogP contribution in [-0.2, 0) is 56.7 Å². The van der Waals surface area contributed by atoms with Gasteiger partial charge < -0.3 is 0 Å². The molecule has 0 unspecified atom stereocenters. The Morgan fingerprint density at radius 1 is 1.00 bits per heavy atom. The Bertz CT molecular complexity index is 11.6. The van der Waals surface area contributed by atoms with Gasteiger partial charge >= 0.3 is 0 Å². The van der Waals surface area contributed by atoms with Crippen molar-refractivity contribution < 1.29 is 56.7 Å². The van der Waals surface area contributed by atoms with E-state index in [1.807, 2.05) is 0 Å². The van der Waals surface area contributed by atoms with Crippen molar-refractivity contribution in [2.45, 2.75) is 0 Å². The van der Waals surface area contributed by atoms with Gasteiger partial charge in [0.15, 0.2) is 0 Å². The number of hydrogen-bond acceptors (Lipinski definition) is 0. The van der Waals surface area contributed by atoms with E-state index in [0.717, 1.165) is 0 Å². The van der Waals surface area contributed by atoms with E-state index in [2.05, 4.69) is 0 Å². The van der Waals surface area contributed by atoms with Crippen molar-refractivity contribution >= 4 is 11.0 Å². The summed E-state index contributed by atoms with van der Waals surface area (Å²) in [6.45, 7) is 0. The molecule has 10 radical (unpaired) electrons. The third-order valence-corrected chi connectivity index (χ3v) is 0. The number of rotatable bonds is 0. The molecule has 0 aliphatic rings. The second kappa shape index (κ2) is 37.4. The molecular weight excluding hydrogens is 242 g/mol. The van der Waals surface area contributed by atoms with Crippen molar-refractivity contribution in [1.29, 1.82) is 0 Å². The topological polar surface area (TPSA) is 0 Å². The van der Waals surface area contributed by atoms with Crippen LogP contribution < -0.4 is 0 Å². The summed E-state index contributed by atoms with van der Waals surface area (Å²) in [5.74, 6) is 0. The van der Waals surface area contributed by atoms with Gasteiger partial charge in [-0.1, -0.05) is 0 Å². The Balaban J connectivity index is 0. The Morgan fingerprint density at radius 3 is 1.00 bits per heavy atom. The van der Waals surface area contributed by atoms with Crippen LogP contribution in [0.15, 0.2) is 0 Å². The van der Waals surface area contributed by atoms with E-state index in [9.17, 15) is 0 Å². The van der Waals surface area contributed by atoms with Gasteiger partial charge in [-0.15, -0.1) is 0 Å². The summed E-state index contributed by atoms with van der Waals surface area (Å²) in [5, 5.41) is 0. The molecule has 0 nitrogen and oxygen atoms in total. The minimum Gasteiger partial charge on any atom is 0 e. The summed E-state index contributed by atoms with van der Waals surface area (Å²) < 4.78 is 0. The molecule has 0 saturated carbocycles. The molecule has 0 aliphatic carbocycles. The van der Waals surface area contributed by atoms with Gasteiger partial charge in [0.05, 0.1) is 0 Å². The van der Waals surface area contributed by atoms with Gasteiger partial charge in [-0.2, -0.15) is 0 Å². The average Bonchev–Trinajstić information content (AvgIpc) is 0. The molecule has 0 N–H and O–H groups in total. The van der Waals surface area contributed by atoms with Crippen LogP contribution in [0.3, 0.4) is 0 Å². The van der Waals surface area contributed by atoms with Crippen LogP contribution in [0.2, 0.25) is 0 Å². The van der Waals surface area contributed by atoms with E-state index >= 15 is 0 Å². The van der Waals surface area contributed by atoms with Crippen molar-refractivity contribution in [2.75, 3.05) is 0 Å². The van der Waals surface area contributed by atoms with Crippen LogP contribution >= 0.6 is 0 Å².